The number of β-amino-alcohol motifs (C(OH)–C–C–N with tert-alkyl or cyclic N) is 1. The van der Waals surface area contributed by atoms with Gasteiger partial charge in [-0.25, -0.2) is 9.78 Å². The van der Waals surface area contributed by atoms with Crippen LogP contribution in [0.1, 0.15) is 38.4 Å². The number of aliphatic hydroxyl groups is 1. The standard InChI is InChI=1S/C43H47N9O7S/c1-25-38(60-24-47-25)27-7-5-26(6-8-27)21-46-40(57)34-20-32(53)23-52(34)41(58)39(43(2,3)4)51-37(56)22-45-35(54)15-16-36(55)48-29-9-11-30(12-10-29)49-42(59)50-31-13-14-33-28(19-31)17-18-44-33/h5-19,24,32,34,39,44,53H,20-23H2,1-4H3,(H,45,54)(H,46,57)(H,48,55)(H,51,56)(H2,49,50,59)/b16-15+/t32-,34+,39-/m1/s1. The third-order valence-electron chi connectivity index (χ3n) is 9.74. The Morgan fingerprint density at radius 3 is 2.23 bits per heavy atom. The molecule has 0 spiro atoms. The molecule has 0 unspecified atom stereocenters. The molecule has 17 heteroatoms. The minimum Gasteiger partial charge on any atom is -0.391 e. The van der Waals surface area contributed by atoms with Gasteiger partial charge in [-0.15, -0.1) is 11.3 Å². The molecule has 0 radical (unpaired) electrons. The van der Waals surface area contributed by atoms with Crippen LogP contribution < -0.4 is 31.9 Å². The summed E-state index contributed by atoms with van der Waals surface area (Å²) in [6.07, 6.45) is 2.88. The minimum absolute atomic E-state index is 0.0381. The van der Waals surface area contributed by atoms with Crippen LogP contribution >= 0.6 is 11.3 Å². The number of anilines is 3. The number of rotatable bonds is 13. The third-order valence-corrected chi connectivity index (χ3v) is 10.7. The summed E-state index contributed by atoms with van der Waals surface area (Å²) in [4.78, 5) is 87.5. The first-order chi connectivity index (χ1) is 28.6. The number of likely N-dealkylation sites (tertiary alicyclic amines) is 1. The fraction of sp³-hybridized carbons (Fsp3) is 0.279. The number of aromatic nitrogens is 2. The van der Waals surface area contributed by atoms with Crippen LogP contribution in [0.25, 0.3) is 21.3 Å². The summed E-state index contributed by atoms with van der Waals surface area (Å²) < 4.78 is 0. The van der Waals surface area contributed by atoms with E-state index in [9.17, 15) is 33.9 Å². The van der Waals surface area contributed by atoms with E-state index in [1.807, 2.05) is 55.6 Å². The molecule has 1 aliphatic heterocycles. The number of aromatic amines is 1. The van der Waals surface area contributed by atoms with Crippen molar-refractivity contribution in [3.63, 3.8) is 0 Å². The Kier molecular flexibility index (Phi) is 13.4. The molecule has 6 rings (SSSR count). The number of thiazole rings is 1. The van der Waals surface area contributed by atoms with Gasteiger partial charge in [0.05, 0.1) is 28.7 Å². The largest absolute Gasteiger partial charge is 0.391 e. The van der Waals surface area contributed by atoms with Gasteiger partial charge in [-0.1, -0.05) is 45.0 Å². The lowest BCUT2D eigenvalue weighted by atomic mass is 9.85. The number of nitrogens with zero attached hydrogens (tertiary/aromatic N) is 2. The first-order valence-electron chi connectivity index (χ1n) is 19.2. The molecule has 3 atom stereocenters. The molecule has 0 aliphatic carbocycles. The molecule has 1 fully saturated rings. The number of urea groups is 1. The van der Waals surface area contributed by atoms with Crippen LogP contribution in [0.5, 0.6) is 0 Å². The van der Waals surface area contributed by atoms with Gasteiger partial charge in [0, 0.05) is 65.8 Å². The van der Waals surface area contributed by atoms with E-state index in [-0.39, 0.29) is 19.5 Å². The maximum atomic E-state index is 13.9. The topological polar surface area (TPSA) is 227 Å². The Labute approximate surface area is 350 Å². The van der Waals surface area contributed by atoms with E-state index in [2.05, 4.69) is 41.9 Å². The third kappa shape index (κ3) is 11.2. The van der Waals surface area contributed by atoms with E-state index in [4.69, 9.17) is 0 Å². The van der Waals surface area contributed by atoms with Gasteiger partial charge in [-0.2, -0.15) is 0 Å². The van der Waals surface area contributed by atoms with E-state index in [1.165, 1.54) is 4.90 Å². The molecule has 5 aromatic rings. The van der Waals surface area contributed by atoms with E-state index >= 15 is 0 Å². The number of amides is 7. The number of aryl methyl sites for hydroxylation is 1. The van der Waals surface area contributed by atoms with E-state index < -0.39 is 65.7 Å². The molecule has 16 nitrogen and oxygen atoms in total. The second kappa shape index (κ2) is 18.8. The predicted molar refractivity (Wildman–Crippen MR) is 230 cm³/mol. The maximum absolute atomic E-state index is 13.9. The lowest BCUT2D eigenvalue weighted by molar-refractivity contribution is -0.144. The van der Waals surface area contributed by atoms with Gasteiger partial charge >= 0.3 is 6.03 Å². The van der Waals surface area contributed by atoms with Gasteiger partial charge in [0.25, 0.3) is 0 Å². The van der Waals surface area contributed by atoms with Crippen molar-refractivity contribution in [3.8, 4) is 10.4 Å². The summed E-state index contributed by atoms with van der Waals surface area (Å²) in [7, 11) is 0. The second-order valence-corrected chi connectivity index (χ2v) is 16.3. The molecule has 1 saturated heterocycles. The highest BCUT2D eigenvalue weighted by molar-refractivity contribution is 7.13. The van der Waals surface area contributed by atoms with Crippen molar-refractivity contribution in [1.29, 1.82) is 0 Å². The maximum Gasteiger partial charge on any atom is 0.323 e. The molecule has 3 aromatic carbocycles. The Morgan fingerprint density at radius 2 is 1.55 bits per heavy atom. The Hall–Kier alpha value is -6.85. The minimum atomic E-state index is -1.10. The van der Waals surface area contributed by atoms with Crippen LogP contribution in [0, 0.1) is 12.3 Å². The average Bonchev–Trinajstić information content (AvgIpc) is 3.97. The summed E-state index contributed by atoms with van der Waals surface area (Å²) in [5.74, 6) is -2.99. The molecule has 60 heavy (non-hydrogen) atoms. The monoisotopic (exact) mass is 833 g/mol. The number of carbonyl (C=O) groups is 6. The van der Waals surface area contributed by atoms with Crippen molar-refractivity contribution in [3.05, 3.63) is 108 Å². The SMILES string of the molecule is Cc1ncsc1-c1ccc(CNC(=O)[C@@H]2C[C@@H](O)CN2C(=O)[C@@H](NC(=O)CNC(=O)/C=C/C(=O)Nc2ccc(NC(=O)Nc3ccc4[nH]ccc4c3)cc2)C(C)(C)C)cc1. The lowest BCUT2D eigenvalue weighted by Gasteiger charge is -2.35. The average molecular weight is 834 g/mol. The summed E-state index contributed by atoms with van der Waals surface area (Å²) in [5.41, 5.74) is 6.27. The number of hydrogen-bond donors (Lipinski definition) is 8. The molecule has 0 bridgehead atoms. The van der Waals surface area contributed by atoms with Gasteiger partial charge in [-0.05, 0) is 72.0 Å². The van der Waals surface area contributed by atoms with E-state index in [0.717, 1.165) is 44.8 Å². The highest BCUT2D eigenvalue weighted by atomic mass is 32.1. The van der Waals surface area contributed by atoms with Crippen molar-refractivity contribution in [2.24, 2.45) is 5.41 Å². The molecular formula is C43H47N9O7S. The molecule has 2 aromatic heterocycles. The van der Waals surface area contributed by atoms with Gasteiger partial charge in [0.1, 0.15) is 12.1 Å². The zero-order chi connectivity index (χ0) is 43.0. The van der Waals surface area contributed by atoms with E-state index in [1.54, 1.807) is 68.0 Å². The van der Waals surface area contributed by atoms with Crippen molar-refractivity contribution >= 4 is 74.9 Å². The predicted octanol–water partition coefficient (Wildman–Crippen LogP) is 4.66. The lowest BCUT2D eigenvalue weighted by Crippen LogP contribution is -2.58. The molecule has 8 N–H and O–H groups in total. The van der Waals surface area contributed by atoms with Crippen LogP contribution in [0.2, 0.25) is 0 Å². The van der Waals surface area contributed by atoms with Gasteiger partial charge in [0.15, 0.2) is 0 Å². The van der Waals surface area contributed by atoms with Gasteiger partial charge in [-0.3, -0.25) is 24.0 Å². The Balaban J connectivity index is 0.945. The van der Waals surface area contributed by atoms with Gasteiger partial charge < -0.3 is 46.9 Å². The van der Waals surface area contributed by atoms with Crippen LogP contribution in [-0.2, 0) is 30.5 Å². The zero-order valence-corrected chi connectivity index (χ0v) is 34.3. The first kappa shape index (κ1) is 42.7. The quantitative estimate of drug-likeness (QED) is 0.0777. The molecule has 7 amide bonds. The summed E-state index contributed by atoms with van der Waals surface area (Å²) in [5, 5.41) is 27.5. The van der Waals surface area contributed by atoms with Crippen molar-refractivity contribution < 1.29 is 33.9 Å². The van der Waals surface area contributed by atoms with Crippen LogP contribution in [-0.4, -0.2) is 86.8 Å². The number of carbonyl (C=O) groups excluding carboxylic acids is 6. The normalized spacial score (nSPS) is 15.7. The number of H-pyrrole nitrogens is 1. The zero-order valence-electron chi connectivity index (χ0n) is 33.5. The number of fused-ring (bicyclic) bond motifs is 1. The summed E-state index contributed by atoms with van der Waals surface area (Å²) >= 11 is 1.55. The van der Waals surface area contributed by atoms with Crippen molar-refractivity contribution in [2.75, 3.05) is 29.0 Å². The smallest absolute Gasteiger partial charge is 0.323 e. The molecular weight excluding hydrogens is 787 g/mol. The highest BCUT2D eigenvalue weighted by Gasteiger charge is 2.44. The number of aliphatic hydroxyl groups excluding tert-OH is 1. The Morgan fingerprint density at radius 1 is 0.883 bits per heavy atom. The summed E-state index contributed by atoms with van der Waals surface area (Å²) in [6, 6.07) is 19.0. The van der Waals surface area contributed by atoms with Crippen LogP contribution in [0.15, 0.2) is 96.7 Å². The second-order valence-electron chi connectivity index (χ2n) is 15.4. The number of nitrogens with one attached hydrogen (secondary N) is 7. The van der Waals surface area contributed by atoms with E-state index in [0.29, 0.717) is 17.1 Å². The van der Waals surface area contributed by atoms with Crippen molar-refractivity contribution in [1.82, 2.24) is 30.8 Å². The summed E-state index contributed by atoms with van der Waals surface area (Å²) in [6.45, 7) is 6.83. The molecule has 0 saturated carbocycles. The fourth-order valence-electron chi connectivity index (χ4n) is 6.62. The number of hydrogen-bond acceptors (Lipinski definition) is 9. The highest BCUT2D eigenvalue weighted by Crippen LogP contribution is 2.28. The molecule has 1 aliphatic rings. The van der Waals surface area contributed by atoms with Crippen molar-refractivity contribution in [2.45, 2.75) is 58.8 Å². The molecule has 312 valence electrons. The van der Waals surface area contributed by atoms with Gasteiger partial charge in [0.2, 0.25) is 29.5 Å². The Bertz CT molecular complexity index is 2400. The van der Waals surface area contributed by atoms with Crippen LogP contribution in [0.4, 0.5) is 21.9 Å². The fourth-order valence-corrected chi connectivity index (χ4v) is 7.43. The number of benzene rings is 3. The van der Waals surface area contributed by atoms with Crippen LogP contribution in [0.3, 0.4) is 0 Å². The molecule has 3 heterocycles. The first-order valence-corrected chi connectivity index (χ1v) is 20.1.